The van der Waals surface area contributed by atoms with Gasteiger partial charge in [0.1, 0.15) is 5.75 Å². The number of amides is 1. The maximum atomic E-state index is 12.6. The Morgan fingerprint density at radius 3 is 2.79 bits per heavy atom. The van der Waals surface area contributed by atoms with Crippen LogP contribution in [0.4, 0.5) is 5.82 Å². The molecule has 4 rings (SSSR count). The van der Waals surface area contributed by atoms with Gasteiger partial charge in [-0.15, -0.1) is 5.10 Å². The number of nitrogen functional groups attached to an aromatic ring is 1. The molecular formula is C18H16N8O3. The molecule has 11 heteroatoms. The minimum absolute atomic E-state index is 0.0137. The van der Waals surface area contributed by atoms with Gasteiger partial charge in [-0.05, 0) is 51.8 Å². The van der Waals surface area contributed by atoms with Gasteiger partial charge in [-0.1, -0.05) is 23.4 Å². The molecular weight excluding hydrogens is 376 g/mol. The van der Waals surface area contributed by atoms with Crippen molar-refractivity contribution in [3.05, 3.63) is 53.3 Å². The molecule has 2 aromatic heterocycles. The highest BCUT2D eigenvalue weighted by atomic mass is 16.6. The molecule has 29 heavy (non-hydrogen) atoms. The molecule has 3 N–H and O–H groups in total. The number of aryl methyl sites for hydroxylation is 1. The topological polar surface area (TPSA) is 146 Å². The molecule has 0 fully saturated rings. The predicted molar refractivity (Wildman–Crippen MR) is 104 cm³/mol. The Morgan fingerprint density at radius 1 is 1.24 bits per heavy atom. The summed E-state index contributed by atoms with van der Waals surface area (Å²) < 4.78 is 10.9. The number of carbonyl (C=O) groups is 1. The first-order valence-electron chi connectivity index (χ1n) is 8.48. The van der Waals surface area contributed by atoms with Crippen molar-refractivity contribution in [2.24, 2.45) is 5.10 Å². The van der Waals surface area contributed by atoms with Crippen molar-refractivity contribution in [1.82, 2.24) is 30.7 Å². The standard InChI is InChI=1S/C18H16N8O3/c1-10-15(26(25-21-10)17-16(19)23-29-24-17)18(27)22-20-9-11-3-4-13-8-14(28-2)6-5-12(13)7-11/h3-9H,1-2H3,(H2,19,23)(H,22,27)/b20-9-. The van der Waals surface area contributed by atoms with Gasteiger partial charge in [-0.2, -0.15) is 9.78 Å². The summed E-state index contributed by atoms with van der Waals surface area (Å²) in [5.74, 6) is 0.316. The summed E-state index contributed by atoms with van der Waals surface area (Å²) in [6.45, 7) is 1.63. The third-order valence-electron chi connectivity index (χ3n) is 4.20. The molecule has 0 unspecified atom stereocenters. The zero-order valence-electron chi connectivity index (χ0n) is 15.5. The lowest BCUT2D eigenvalue weighted by Gasteiger charge is -2.04. The number of hydrogen-bond acceptors (Lipinski definition) is 9. The number of anilines is 1. The first-order valence-corrected chi connectivity index (χ1v) is 8.48. The van der Waals surface area contributed by atoms with Crippen molar-refractivity contribution in [2.75, 3.05) is 12.8 Å². The summed E-state index contributed by atoms with van der Waals surface area (Å²) in [4.78, 5) is 12.6. The molecule has 0 saturated heterocycles. The Bertz CT molecular complexity index is 1230. The number of aromatic nitrogens is 5. The first-order chi connectivity index (χ1) is 14.1. The minimum Gasteiger partial charge on any atom is -0.497 e. The molecule has 2 aromatic carbocycles. The van der Waals surface area contributed by atoms with Crippen LogP contribution in [0.15, 0.2) is 46.1 Å². The van der Waals surface area contributed by atoms with E-state index in [-0.39, 0.29) is 17.3 Å². The molecule has 0 bridgehead atoms. The van der Waals surface area contributed by atoms with Crippen LogP contribution in [0.1, 0.15) is 21.7 Å². The number of methoxy groups -OCH3 is 1. The molecule has 0 aliphatic carbocycles. The Hall–Kier alpha value is -4.28. The van der Waals surface area contributed by atoms with Crippen LogP contribution in [0, 0.1) is 6.92 Å². The largest absolute Gasteiger partial charge is 0.497 e. The van der Waals surface area contributed by atoms with Crippen molar-refractivity contribution >= 4 is 28.7 Å². The van der Waals surface area contributed by atoms with Gasteiger partial charge in [0.25, 0.3) is 5.91 Å². The van der Waals surface area contributed by atoms with Crippen LogP contribution >= 0.6 is 0 Å². The van der Waals surface area contributed by atoms with E-state index in [0.717, 1.165) is 26.8 Å². The zero-order chi connectivity index (χ0) is 20.4. The normalized spacial score (nSPS) is 11.2. The third-order valence-corrected chi connectivity index (χ3v) is 4.20. The second-order valence-corrected chi connectivity index (χ2v) is 6.08. The van der Waals surface area contributed by atoms with E-state index < -0.39 is 5.91 Å². The van der Waals surface area contributed by atoms with Crippen LogP contribution in [0.25, 0.3) is 16.6 Å². The second kappa shape index (κ2) is 7.38. The van der Waals surface area contributed by atoms with Crippen LogP contribution in [0.2, 0.25) is 0 Å². The SMILES string of the molecule is COc1ccc2cc(/C=N\NC(=O)c3c(C)nnn3-c3nonc3N)ccc2c1. The van der Waals surface area contributed by atoms with Crippen LogP contribution < -0.4 is 15.9 Å². The van der Waals surface area contributed by atoms with E-state index >= 15 is 0 Å². The molecule has 4 aromatic rings. The van der Waals surface area contributed by atoms with E-state index in [4.69, 9.17) is 10.5 Å². The van der Waals surface area contributed by atoms with Crippen molar-refractivity contribution in [3.8, 4) is 11.6 Å². The number of nitrogens with one attached hydrogen (secondary N) is 1. The van der Waals surface area contributed by atoms with E-state index in [0.29, 0.717) is 5.69 Å². The Labute approximate surface area is 164 Å². The van der Waals surface area contributed by atoms with E-state index in [2.05, 4.69) is 35.8 Å². The van der Waals surface area contributed by atoms with Crippen LogP contribution in [0.5, 0.6) is 5.75 Å². The fraction of sp³-hybridized carbons (Fsp3) is 0.111. The first kappa shape index (κ1) is 18.1. The number of fused-ring (bicyclic) bond motifs is 1. The van der Waals surface area contributed by atoms with E-state index in [9.17, 15) is 4.79 Å². The smallest absolute Gasteiger partial charge is 0.292 e. The molecule has 146 valence electrons. The Balaban J connectivity index is 1.53. The van der Waals surface area contributed by atoms with Gasteiger partial charge < -0.3 is 10.5 Å². The lowest BCUT2D eigenvalue weighted by Crippen LogP contribution is -2.22. The molecule has 0 aliphatic heterocycles. The van der Waals surface area contributed by atoms with E-state index in [1.54, 1.807) is 14.0 Å². The average Bonchev–Trinajstić information content (AvgIpc) is 3.32. The van der Waals surface area contributed by atoms with Gasteiger partial charge in [-0.25, -0.2) is 10.1 Å². The fourth-order valence-corrected chi connectivity index (χ4v) is 2.77. The van der Waals surface area contributed by atoms with Crippen LogP contribution in [0.3, 0.4) is 0 Å². The molecule has 0 spiro atoms. The lowest BCUT2D eigenvalue weighted by molar-refractivity contribution is 0.0946. The number of ether oxygens (including phenoxy) is 1. The summed E-state index contributed by atoms with van der Waals surface area (Å²) in [6.07, 6.45) is 1.54. The highest BCUT2D eigenvalue weighted by Crippen LogP contribution is 2.21. The quantitative estimate of drug-likeness (QED) is 0.383. The van der Waals surface area contributed by atoms with Crippen LogP contribution in [-0.2, 0) is 0 Å². The number of nitrogens with zero attached hydrogens (tertiary/aromatic N) is 6. The summed E-state index contributed by atoms with van der Waals surface area (Å²) in [6, 6.07) is 11.6. The average molecular weight is 392 g/mol. The van der Waals surface area contributed by atoms with Gasteiger partial charge >= 0.3 is 0 Å². The summed E-state index contributed by atoms with van der Waals surface area (Å²) >= 11 is 0. The number of benzene rings is 2. The zero-order valence-corrected chi connectivity index (χ0v) is 15.5. The maximum absolute atomic E-state index is 12.6. The summed E-state index contributed by atoms with van der Waals surface area (Å²) in [5.41, 5.74) is 9.43. The van der Waals surface area contributed by atoms with Gasteiger partial charge in [0.2, 0.25) is 11.6 Å². The minimum atomic E-state index is -0.531. The fourth-order valence-electron chi connectivity index (χ4n) is 2.77. The molecule has 2 heterocycles. The van der Waals surface area contributed by atoms with Gasteiger partial charge in [0, 0.05) is 0 Å². The van der Waals surface area contributed by atoms with E-state index in [1.807, 2.05) is 36.4 Å². The number of nitrogens with two attached hydrogens (primary N) is 1. The Morgan fingerprint density at radius 2 is 2.03 bits per heavy atom. The molecule has 11 nitrogen and oxygen atoms in total. The predicted octanol–water partition coefficient (Wildman–Crippen LogP) is 1.47. The molecule has 0 saturated carbocycles. The van der Waals surface area contributed by atoms with Crippen molar-refractivity contribution in [1.29, 1.82) is 0 Å². The molecule has 0 atom stereocenters. The highest BCUT2D eigenvalue weighted by molar-refractivity contribution is 5.95. The highest BCUT2D eigenvalue weighted by Gasteiger charge is 2.22. The van der Waals surface area contributed by atoms with Gasteiger partial charge in [0.15, 0.2) is 5.69 Å². The van der Waals surface area contributed by atoms with E-state index in [1.165, 1.54) is 6.21 Å². The summed E-state index contributed by atoms with van der Waals surface area (Å²) in [7, 11) is 1.63. The maximum Gasteiger partial charge on any atom is 0.292 e. The number of rotatable bonds is 5. The van der Waals surface area contributed by atoms with Crippen molar-refractivity contribution < 1.29 is 14.2 Å². The molecule has 0 radical (unpaired) electrons. The van der Waals surface area contributed by atoms with Gasteiger partial charge in [0.05, 0.1) is 19.0 Å². The number of hydrogen-bond donors (Lipinski definition) is 2. The molecule has 1 amide bonds. The Kier molecular flexibility index (Phi) is 4.61. The van der Waals surface area contributed by atoms with Crippen LogP contribution in [-0.4, -0.2) is 44.5 Å². The number of carbonyl (C=O) groups excluding carboxylic acids is 1. The van der Waals surface area contributed by atoms with Crippen molar-refractivity contribution in [3.63, 3.8) is 0 Å². The third kappa shape index (κ3) is 3.48. The van der Waals surface area contributed by atoms with Crippen molar-refractivity contribution in [2.45, 2.75) is 6.92 Å². The molecule has 0 aliphatic rings. The lowest BCUT2D eigenvalue weighted by atomic mass is 10.1. The number of hydrazone groups is 1. The van der Waals surface area contributed by atoms with Gasteiger partial charge in [-0.3, -0.25) is 4.79 Å². The monoisotopic (exact) mass is 392 g/mol. The second-order valence-electron chi connectivity index (χ2n) is 6.08. The summed E-state index contributed by atoms with van der Waals surface area (Å²) in [5, 5.41) is 20.9.